The Hall–Kier alpha value is -3.44. The number of H-pyrrole nitrogens is 1. The van der Waals surface area contributed by atoms with Crippen LogP contribution in [-0.4, -0.2) is 69.2 Å². The van der Waals surface area contributed by atoms with E-state index in [-0.39, 0.29) is 44.5 Å². The van der Waals surface area contributed by atoms with Gasteiger partial charge in [0.15, 0.2) is 14.5 Å². The summed E-state index contributed by atoms with van der Waals surface area (Å²) in [6, 6.07) is 7.33. The number of hydrogen-bond donors (Lipinski definition) is 1. The van der Waals surface area contributed by atoms with Crippen molar-refractivity contribution in [3.05, 3.63) is 32.6 Å². The number of aromatic nitrogens is 2. The summed E-state index contributed by atoms with van der Waals surface area (Å²) < 4.78 is 74.4. The van der Waals surface area contributed by atoms with Crippen LogP contribution in [-0.2, 0) is 45.4 Å². The van der Waals surface area contributed by atoms with E-state index in [9.17, 15) is 18.7 Å². The van der Waals surface area contributed by atoms with Crippen molar-refractivity contribution >= 4 is 24.0 Å². The molecular formula is C29H40N6O12P2Si. The van der Waals surface area contributed by atoms with Crippen molar-refractivity contribution in [3.63, 3.8) is 0 Å². The topological polar surface area (TPSA) is 258 Å². The average molecular weight is 755 g/mol. The summed E-state index contributed by atoms with van der Waals surface area (Å²) in [5, 5.41) is 35.5. The molecule has 1 N–H and O–H groups in total. The highest BCUT2D eigenvalue weighted by Crippen LogP contribution is 2.56. The summed E-state index contributed by atoms with van der Waals surface area (Å²) in [6.07, 6.45) is 0.0468. The lowest BCUT2D eigenvalue weighted by Crippen LogP contribution is -2.50. The van der Waals surface area contributed by atoms with Gasteiger partial charge in [-0.1, -0.05) is 26.7 Å². The van der Waals surface area contributed by atoms with Crippen LogP contribution in [0.5, 0.6) is 0 Å². The Labute approximate surface area is 291 Å². The minimum Gasteiger partial charge on any atom is -0.407 e. The van der Waals surface area contributed by atoms with Crippen molar-refractivity contribution in [3.8, 4) is 36.6 Å². The van der Waals surface area contributed by atoms with E-state index in [1.54, 1.807) is 0 Å². The van der Waals surface area contributed by atoms with E-state index >= 15 is 0 Å². The standard InChI is InChI=1S/C29H40N6O12P2Si/c1-7-22-20-35(28(37)34-26(22)36)27-25(47-50(5,6)29(2,3)4)24(46-49(39,42-18-10-14-32)43-19-11-15-33)23(45-27)21-44-48(38,40-16-8-12-30)41-17-9-13-31/h1,20,23-25,27H,8-11,16-19,21H2,2-6H3,(H,34,36,37)/t23-,24-,25-,27-/m1/s1. The van der Waals surface area contributed by atoms with Gasteiger partial charge in [-0.25, -0.2) is 13.9 Å². The first-order valence-electron chi connectivity index (χ1n) is 15.2. The van der Waals surface area contributed by atoms with E-state index in [1.165, 1.54) is 0 Å². The fraction of sp³-hybridized carbons (Fsp3) is 0.655. The number of hydrogen-bond acceptors (Lipinski definition) is 16. The van der Waals surface area contributed by atoms with Gasteiger partial charge in [0, 0.05) is 6.20 Å². The predicted octanol–water partition coefficient (Wildman–Crippen LogP) is 4.14. The molecule has 2 heterocycles. The molecule has 1 aromatic heterocycles. The smallest absolute Gasteiger partial charge is 0.407 e. The molecule has 0 unspecified atom stereocenters. The molecule has 50 heavy (non-hydrogen) atoms. The van der Waals surface area contributed by atoms with E-state index in [4.69, 9.17) is 63.8 Å². The fourth-order valence-corrected chi connectivity index (χ4v) is 7.80. The molecule has 1 fully saturated rings. The van der Waals surface area contributed by atoms with Crippen molar-refractivity contribution in [2.75, 3.05) is 33.0 Å². The molecule has 2 rings (SSSR count). The number of aromatic amines is 1. The Balaban J connectivity index is 2.75. The molecule has 1 aliphatic rings. The summed E-state index contributed by atoms with van der Waals surface area (Å²) in [4.78, 5) is 27.7. The molecule has 1 aliphatic heterocycles. The second-order valence-corrected chi connectivity index (χ2v) is 20.0. The highest BCUT2D eigenvalue weighted by atomic mass is 31.2. The van der Waals surface area contributed by atoms with Crippen LogP contribution < -0.4 is 11.2 Å². The lowest BCUT2D eigenvalue weighted by molar-refractivity contribution is -0.0552. The van der Waals surface area contributed by atoms with Crippen LogP contribution in [0.1, 0.15) is 58.2 Å². The zero-order valence-electron chi connectivity index (χ0n) is 28.4. The zero-order valence-corrected chi connectivity index (χ0v) is 31.1. The number of phosphoric acid groups is 2. The molecule has 1 aromatic rings. The second-order valence-electron chi connectivity index (χ2n) is 12.0. The highest BCUT2D eigenvalue weighted by Gasteiger charge is 2.55. The summed E-state index contributed by atoms with van der Waals surface area (Å²) in [5.41, 5.74) is -2.03. The zero-order chi connectivity index (χ0) is 37.6. The molecule has 21 heteroatoms. The Morgan fingerprint density at radius 1 is 0.860 bits per heavy atom. The van der Waals surface area contributed by atoms with Crippen molar-refractivity contribution < 1.29 is 45.4 Å². The number of nitriles is 4. The lowest BCUT2D eigenvalue weighted by atomic mass is 10.1. The maximum Gasteiger partial charge on any atom is 0.475 e. The molecule has 0 saturated carbocycles. The minimum atomic E-state index is -4.65. The van der Waals surface area contributed by atoms with Crippen molar-refractivity contribution in [1.29, 1.82) is 21.0 Å². The Morgan fingerprint density at radius 3 is 1.78 bits per heavy atom. The predicted molar refractivity (Wildman–Crippen MR) is 176 cm³/mol. The maximum atomic E-state index is 14.0. The second kappa shape index (κ2) is 19.2. The molecular weight excluding hydrogens is 714 g/mol. The van der Waals surface area contributed by atoms with E-state index in [0.29, 0.717) is 0 Å². The van der Waals surface area contributed by atoms with Crippen LogP contribution in [0.25, 0.3) is 0 Å². The maximum absolute atomic E-state index is 14.0. The normalized spacial score (nSPS) is 19.5. The molecule has 0 aliphatic carbocycles. The van der Waals surface area contributed by atoms with Gasteiger partial charge in [-0.15, -0.1) is 6.42 Å². The third-order valence-corrected chi connectivity index (χ3v) is 14.9. The lowest BCUT2D eigenvalue weighted by Gasteiger charge is -2.40. The SMILES string of the molecule is C#Cc1cn([C@@H]2O[C@H](COP(=O)(OCCC#N)OCCC#N)[C@@H](OP(=O)(OCCC#N)OCCC#N)[C@H]2O[Si](C)(C)C(C)(C)C)c(=O)[nH]c1=O. The monoisotopic (exact) mass is 754 g/mol. The van der Waals surface area contributed by atoms with Gasteiger partial charge in [0.05, 0.1) is 83.0 Å². The van der Waals surface area contributed by atoms with Crippen LogP contribution in [0.4, 0.5) is 0 Å². The summed E-state index contributed by atoms with van der Waals surface area (Å²) in [6.45, 7) is 7.32. The van der Waals surface area contributed by atoms with Gasteiger partial charge in [-0.3, -0.25) is 41.5 Å². The van der Waals surface area contributed by atoms with Crippen molar-refractivity contribution in [1.82, 2.24) is 9.55 Å². The molecule has 272 valence electrons. The third-order valence-electron chi connectivity index (χ3n) is 7.42. The number of terminal acetylenes is 1. The highest BCUT2D eigenvalue weighted by molar-refractivity contribution is 7.48. The minimum absolute atomic E-state index is 0.180. The summed E-state index contributed by atoms with van der Waals surface area (Å²) in [7, 11) is -12.0. The number of nitrogens with one attached hydrogen (secondary N) is 1. The van der Waals surface area contributed by atoms with Gasteiger partial charge in [0.25, 0.3) is 5.56 Å². The van der Waals surface area contributed by atoms with Crippen LogP contribution >= 0.6 is 15.6 Å². The van der Waals surface area contributed by atoms with Crippen molar-refractivity contribution in [2.45, 2.75) is 89.1 Å². The molecule has 0 spiro atoms. The van der Waals surface area contributed by atoms with E-state index in [0.717, 1.165) is 10.8 Å². The molecule has 0 radical (unpaired) electrons. The van der Waals surface area contributed by atoms with Gasteiger partial charge in [-0.2, -0.15) is 21.0 Å². The largest absolute Gasteiger partial charge is 0.475 e. The number of phosphoric ester groups is 2. The van der Waals surface area contributed by atoms with Crippen LogP contribution in [0.3, 0.4) is 0 Å². The average Bonchev–Trinajstić information content (AvgIpc) is 3.35. The van der Waals surface area contributed by atoms with Gasteiger partial charge >= 0.3 is 21.3 Å². The van der Waals surface area contributed by atoms with Crippen LogP contribution in [0.2, 0.25) is 18.1 Å². The Kier molecular flexibility index (Phi) is 16.4. The van der Waals surface area contributed by atoms with Gasteiger partial charge < -0.3 is 9.16 Å². The quantitative estimate of drug-likeness (QED) is 0.0848. The molecule has 0 aromatic carbocycles. The van der Waals surface area contributed by atoms with Crippen LogP contribution in [0, 0.1) is 57.7 Å². The van der Waals surface area contributed by atoms with Gasteiger partial charge in [0.2, 0.25) is 0 Å². The van der Waals surface area contributed by atoms with Gasteiger partial charge in [0.1, 0.15) is 23.9 Å². The molecule has 0 bridgehead atoms. The number of nitrogens with zero attached hydrogens (tertiary/aromatic N) is 5. The van der Waals surface area contributed by atoms with E-state index < -0.39 is 84.6 Å². The first kappa shape index (κ1) is 42.7. The fourth-order valence-electron chi connectivity index (χ4n) is 3.95. The molecule has 0 amide bonds. The summed E-state index contributed by atoms with van der Waals surface area (Å²) in [5.74, 6) is 2.19. The first-order valence-corrected chi connectivity index (χ1v) is 21.1. The number of ether oxygens (including phenoxy) is 1. The summed E-state index contributed by atoms with van der Waals surface area (Å²) >= 11 is 0. The van der Waals surface area contributed by atoms with E-state index in [2.05, 4.69) is 10.9 Å². The third kappa shape index (κ3) is 12.1. The van der Waals surface area contributed by atoms with Crippen LogP contribution in [0.15, 0.2) is 15.8 Å². The molecule has 18 nitrogen and oxygen atoms in total. The Morgan fingerprint density at radius 2 is 1.34 bits per heavy atom. The first-order chi connectivity index (χ1) is 23.5. The Bertz CT molecular complexity index is 1700. The van der Waals surface area contributed by atoms with E-state index in [1.807, 2.05) is 58.1 Å². The number of rotatable bonds is 20. The molecule has 4 atom stereocenters. The van der Waals surface area contributed by atoms with Gasteiger partial charge in [-0.05, 0) is 18.1 Å². The van der Waals surface area contributed by atoms with Crippen molar-refractivity contribution in [2.24, 2.45) is 0 Å². The molecule has 1 saturated heterocycles.